The summed E-state index contributed by atoms with van der Waals surface area (Å²) in [4.78, 5) is 37.1. The molecule has 8 heteroatoms. The number of hydrogen-bond donors (Lipinski definition) is 4. The van der Waals surface area contributed by atoms with Crippen molar-refractivity contribution in [2.75, 3.05) is 13.1 Å². The number of hydrogen-bond acceptors (Lipinski definition) is 5. The van der Waals surface area contributed by atoms with Gasteiger partial charge in [-0.05, 0) is 32.2 Å². The highest BCUT2D eigenvalue weighted by molar-refractivity contribution is 5.87. The average molecular weight is 366 g/mol. The van der Waals surface area contributed by atoms with Gasteiger partial charge in [0.2, 0.25) is 11.8 Å². The molecule has 0 radical (unpaired) electrons. The number of piperidine rings is 1. The van der Waals surface area contributed by atoms with Crippen molar-refractivity contribution in [1.29, 1.82) is 0 Å². The second-order valence-electron chi connectivity index (χ2n) is 7.23. The van der Waals surface area contributed by atoms with Gasteiger partial charge in [-0.2, -0.15) is 0 Å². The normalized spacial score (nSPS) is 29.6. The zero-order valence-corrected chi connectivity index (χ0v) is 15.5. The van der Waals surface area contributed by atoms with Crippen molar-refractivity contribution >= 4 is 17.8 Å². The predicted octanol–water partition coefficient (Wildman–Crippen LogP) is -0.0176. The fraction of sp³-hybridized carbons (Fsp3) is 0.722. The number of rotatable bonds is 6. The zero-order valence-electron chi connectivity index (χ0n) is 15.5. The number of aliphatic carboxylic acids is 1. The van der Waals surface area contributed by atoms with Crippen molar-refractivity contribution in [3.8, 4) is 0 Å². The molecule has 8 nitrogen and oxygen atoms in total. The number of carbonyl (C=O) groups is 3. The molecule has 1 heterocycles. The molecule has 2 rings (SSSR count). The van der Waals surface area contributed by atoms with Crippen LogP contribution in [0.4, 0.5) is 0 Å². The topological polar surface area (TPSA) is 125 Å². The quantitative estimate of drug-likeness (QED) is 0.524. The monoisotopic (exact) mass is 366 g/mol. The number of amides is 2. The lowest BCUT2D eigenvalue weighted by Gasteiger charge is -2.44. The minimum absolute atomic E-state index is 0.0283. The van der Waals surface area contributed by atoms with E-state index in [0.29, 0.717) is 13.0 Å². The van der Waals surface area contributed by atoms with E-state index in [4.69, 9.17) is 5.73 Å². The molecule has 26 heavy (non-hydrogen) atoms. The Hall–Kier alpha value is -1.93. The van der Waals surface area contributed by atoms with Gasteiger partial charge in [0.25, 0.3) is 0 Å². The molecular weight excluding hydrogens is 336 g/mol. The molecule has 0 saturated carbocycles. The van der Waals surface area contributed by atoms with Crippen LogP contribution < -0.4 is 16.4 Å². The van der Waals surface area contributed by atoms with Crippen LogP contribution in [0, 0.1) is 0 Å². The van der Waals surface area contributed by atoms with E-state index < -0.39 is 12.0 Å². The van der Waals surface area contributed by atoms with E-state index in [1.54, 1.807) is 6.08 Å². The third kappa shape index (κ3) is 5.28. The van der Waals surface area contributed by atoms with E-state index in [1.165, 1.54) is 6.92 Å². The Morgan fingerprint density at radius 2 is 2.08 bits per heavy atom. The van der Waals surface area contributed by atoms with Gasteiger partial charge in [0.15, 0.2) is 0 Å². The Bertz CT molecular complexity index is 578. The summed E-state index contributed by atoms with van der Waals surface area (Å²) in [6, 6.07) is -1.07. The van der Waals surface area contributed by atoms with Crippen LogP contribution in [0.3, 0.4) is 0 Å². The number of likely N-dealkylation sites (tertiary alicyclic amines) is 1. The van der Waals surface area contributed by atoms with Crippen LogP contribution in [0.25, 0.3) is 0 Å². The first-order chi connectivity index (χ1) is 12.3. The Morgan fingerprint density at radius 3 is 2.69 bits per heavy atom. The Kier molecular flexibility index (Phi) is 7.16. The van der Waals surface area contributed by atoms with Gasteiger partial charge in [0.05, 0.1) is 12.1 Å². The van der Waals surface area contributed by atoms with E-state index in [0.717, 1.165) is 25.8 Å². The molecule has 1 aliphatic carbocycles. The molecule has 2 amide bonds. The highest BCUT2D eigenvalue weighted by Crippen LogP contribution is 2.25. The minimum Gasteiger partial charge on any atom is -0.478 e. The summed E-state index contributed by atoms with van der Waals surface area (Å²) in [5.41, 5.74) is 6.47. The molecule has 146 valence electrons. The summed E-state index contributed by atoms with van der Waals surface area (Å²) in [5.74, 6) is -1.12. The molecular formula is C18H30N4O4. The lowest BCUT2D eigenvalue weighted by molar-refractivity contribution is -0.133. The second-order valence-corrected chi connectivity index (χ2v) is 7.23. The second kappa shape index (κ2) is 9.14. The number of carbonyl (C=O) groups excluding carboxylic acids is 2. The van der Waals surface area contributed by atoms with E-state index in [-0.39, 0.29) is 41.9 Å². The first kappa shape index (κ1) is 20.4. The molecule has 2 aliphatic rings. The first-order valence-corrected chi connectivity index (χ1v) is 9.31. The molecule has 0 aromatic rings. The summed E-state index contributed by atoms with van der Waals surface area (Å²) in [7, 11) is 0. The van der Waals surface area contributed by atoms with E-state index in [1.807, 2.05) is 6.92 Å². The van der Waals surface area contributed by atoms with Gasteiger partial charge in [-0.25, -0.2) is 4.79 Å². The lowest BCUT2D eigenvalue weighted by Crippen LogP contribution is -2.63. The molecule has 0 aromatic heterocycles. The summed E-state index contributed by atoms with van der Waals surface area (Å²) in [6.07, 6.45) is 5.03. The SMILES string of the molecule is CCCC(=O)N[C@@H]1CCCN([C@@H]2C=C(C(=O)O)C[C@H](N)[C@H]2NC(C)=O)C1. The minimum atomic E-state index is -0.975. The van der Waals surface area contributed by atoms with Crippen LogP contribution in [-0.2, 0) is 14.4 Å². The first-order valence-electron chi connectivity index (χ1n) is 9.31. The van der Waals surface area contributed by atoms with Gasteiger partial charge in [0.1, 0.15) is 0 Å². The van der Waals surface area contributed by atoms with E-state index >= 15 is 0 Å². The average Bonchev–Trinajstić information content (AvgIpc) is 2.56. The van der Waals surface area contributed by atoms with Crippen LogP contribution in [-0.4, -0.2) is 65.0 Å². The van der Waals surface area contributed by atoms with Crippen LogP contribution in [0.2, 0.25) is 0 Å². The molecule has 0 bridgehead atoms. The number of carboxylic acids is 1. The van der Waals surface area contributed by atoms with E-state index in [9.17, 15) is 19.5 Å². The van der Waals surface area contributed by atoms with Gasteiger partial charge in [-0.1, -0.05) is 13.0 Å². The maximum atomic E-state index is 11.9. The maximum Gasteiger partial charge on any atom is 0.331 e. The van der Waals surface area contributed by atoms with Crippen molar-refractivity contribution in [2.24, 2.45) is 5.73 Å². The Morgan fingerprint density at radius 1 is 1.35 bits per heavy atom. The largest absolute Gasteiger partial charge is 0.478 e. The van der Waals surface area contributed by atoms with E-state index in [2.05, 4.69) is 15.5 Å². The molecule has 5 N–H and O–H groups in total. The fourth-order valence-corrected chi connectivity index (χ4v) is 3.85. The predicted molar refractivity (Wildman–Crippen MR) is 97.3 cm³/mol. The van der Waals surface area contributed by atoms with Crippen molar-refractivity contribution in [3.05, 3.63) is 11.6 Å². The number of nitrogens with zero attached hydrogens (tertiary/aromatic N) is 1. The van der Waals surface area contributed by atoms with Gasteiger partial charge in [-0.3, -0.25) is 14.5 Å². The fourth-order valence-electron chi connectivity index (χ4n) is 3.85. The van der Waals surface area contributed by atoms with Gasteiger partial charge >= 0.3 is 5.97 Å². The number of carboxylic acid groups (broad SMARTS) is 1. The molecule has 0 unspecified atom stereocenters. The molecule has 4 atom stereocenters. The van der Waals surface area contributed by atoms with Crippen molar-refractivity contribution < 1.29 is 19.5 Å². The third-order valence-electron chi connectivity index (χ3n) is 5.02. The summed E-state index contributed by atoms with van der Waals surface area (Å²) >= 11 is 0. The maximum absolute atomic E-state index is 11.9. The number of nitrogens with two attached hydrogens (primary N) is 1. The van der Waals surface area contributed by atoms with Gasteiger partial charge in [-0.15, -0.1) is 0 Å². The highest BCUT2D eigenvalue weighted by Gasteiger charge is 2.38. The van der Waals surface area contributed by atoms with Crippen molar-refractivity contribution in [3.63, 3.8) is 0 Å². The Labute approximate surface area is 154 Å². The molecule has 1 saturated heterocycles. The molecule has 1 aliphatic heterocycles. The zero-order chi connectivity index (χ0) is 19.3. The molecule has 0 spiro atoms. The molecule has 1 fully saturated rings. The van der Waals surface area contributed by atoms with Crippen LogP contribution in [0.5, 0.6) is 0 Å². The van der Waals surface area contributed by atoms with Gasteiger partial charge < -0.3 is 21.5 Å². The van der Waals surface area contributed by atoms with Crippen LogP contribution >= 0.6 is 0 Å². The summed E-state index contributed by atoms with van der Waals surface area (Å²) < 4.78 is 0. The Balaban J connectivity index is 2.16. The molecule has 0 aromatic carbocycles. The standard InChI is InChI=1S/C18H30N4O4/c1-3-5-16(24)21-13-6-4-7-22(10-13)15-9-12(18(25)26)8-14(19)17(15)20-11(2)23/h9,13-15,17H,3-8,10,19H2,1-2H3,(H,20,23)(H,21,24)(H,25,26)/t13-,14+,15-,17-/m1/s1. The number of nitrogens with one attached hydrogen (secondary N) is 2. The van der Waals surface area contributed by atoms with Crippen molar-refractivity contribution in [2.45, 2.75) is 70.1 Å². The van der Waals surface area contributed by atoms with Crippen molar-refractivity contribution in [1.82, 2.24) is 15.5 Å². The highest BCUT2D eigenvalue weighted by atomic mass is 16.4. The van der Waals surface area contributed by atoms with Crippen LogP contribution in [0.1, 0.15) is 46.0 Å². The summed E-state index contributed by atoms with van der Waals surface area (Å²) in [6.45, 7) is 4.79. The van der Waals surface area contributed by atoms with Crippen LogP contribution in [0.15, 0.2) is 11.6 Å². The smallest absolute Gasteiger partial charge is 0.331 e. The lowest BCUT2D eigenvalue weighted by atomic mass is 9.85. The third-order valence-corrected chi connectivity index (χ3v) is 5.02. The van der Waals surface area contributed by atoms with Gasteiger partial charge in [0, 0.05) is 37.5 Å². The summed E-state index contributed by atoms with van der Waals surface area (Å²) in [5, 5.41) is 15.3.